The van der Waals surface area contributed by atoms with Crippen LogP contribution in [-0.4, -0.2) is 37.3 Å². The van der Waals surface area contributed by atoms with Crippen LogP contribution in [0.15, 0.2) is 35.5 Å². The van der Waals surface area contributed by atoms with E-state index in [1.54, 1.807) is 32.4 Å². The van der Waals surface area contributed by atoms with Crippen LogP contribution in [0.25, 0.3) is 0 Å². The lowest BCUT2D eigenvalue weighted by Gasteiger charge is -2.37. The average molecular weight is 340 g/mol. The number of carbonyl (C=O) groups excluding carboxylic acids is 2. The van der Waals surface area contributed by atoms with E-state index in [2.05, 4.69) is 17.3 Å². The molecule has 25 heavy (non-hydrogen) atoms. The number of hydrogen-bond donors (Lipinski definition) is 0. The first-order valence-corrected chi connectivity index (χ1v) is 8.46. The summed E-state index contributed by atoms with van der Waals surface area (Å²) in [6.45, 7) is 0. The summed E-state index contributed by atoms with van der Waals surface area (Å²) in [6.07, 6.45) is 7.63. The van der Waals surface area contributed by atoms with Gasteiger partial charge in [0.05, 0.1) is 32.3 Å². The van der Waals surface area contributed by atoms with Gasteiger partial charge in [-0.05, 0) is 42.9 Å². The topological polar surface area (TPSA) is 68.2 Å². The summed E-state index contributed by atoms with van der Waals surface area (Å²) in [4.78, 5) is 25.5. The summed E-state index contributed by atoms with van der Waals surface area (Å²) in [7, 11) is 3.13. The van der Waals surface area contributed by atoms with Crippen molar-refractivity contribution in [1.29, 1.82) is 0 Å². The highest BCUT2D eigenvalue weighted by molar-refractivity contribution is 6.06. The molecule has 1 aromatic rings. The SMILES string of the molecule is COc1ccc(OC)c(/C=N\N2C(=O)[C@@H]3[C@H](C2=O)[C@H]2C=C[C@H]3CC2)c1. The van der Waals surface area contributed by atoms with Gasteiger partial charge in [0.15, 0.2) is 0 Å². The fourth-order valence-corrected chi connectivity index (χ4v) is 4.23. The maximum absolute atomic E-state index is 12.7. The first-order valence-electron chi connectivity index (χ1n) is 8.46. The molecule has 4 atom stereocenters. The predicted molar refractivity (Wildman–Crippen MR) is 91.3 cm³/mol. The molecule has 0 radical (unpaired) electrons. The molecule has 4 aliphatic rings. The molecule has 1 aliphatic heterocycles. The molecule has 2 bridgehead atoms. The second-order valence-electron chi connectivity index (χ2n) is 6.68. The number of methoxy groups -OCH3 is 2. The van der Waals surface area contributed by atoms with Crippen molar-refractivity contribution in [3.63, 3.8) is 0 Å². The van der Waals surface area contributed by atoms with Crippen molar-refractivity contribution in [1.82, 2.24) is 5.01 Å². The molecule has 1 saturated carbocycles. The molecule has 6 heteroatoms. The number of hydrogen-bond acceptors (Lipinski definition) is 5. The van der Waals surface area contributed by atoms with E-state index < -0.39 is 0 Å². The van der Waals surface area contributed by atoms with Gasteiger partial charge in [0.1, 0.15) is 11.5 Å². The predicted octanol–water partition coefficient (Wildman–Crippen LogP) is 2.23. The molecular formula is C19H20N2O4. The first kappa shape index (κ1) is 15.9. The van der Waals surface area contributed by atoms with E-state index in [0.29, 0.717) is 17.1 Å². The molecule has 0 aromatic heterocycles. The molecule has 2 fully saturated rings. The normalized spacial score (nSPS) is 30.2. The Hall–Kier alpha value is -2.63. The molecular weight excluding hydrogens is 320 g/mol. The van der Waals surface area contributed by atoms with Gasteiger partial charge in [0.2, 0.25) is 0 Å². The van der Waals surface area contributed by atoms with Crippen molar-refractivity contribution in [3.8, 4) is 11.5 Å². The Morgan fingerprint density at radius 3 is 2.20 bits per heavy atom. The van der Waals surface area contributed by atoms with E-state index in [9.17, 15) is 9.59 Å². The Kier molecular flexibility index (Phi) is 3.82. The summed E-state index contributed by atoms with van der Waals surface area (Å²) in [6, 6.07) is 5.30. The van der Waals surface area contributed by atoms with Crippen LogP contribution in [0.2, 0.25) is 0 Å². The third-order valence-electron chi connectivity index (χ3n) is 5.49. The smallest absolute Gasteiger partial charge is 0.254 e. The van der Waals surface area contributed by atoms with Crippen molar-refractivity contribution < 1.29 is 19.1 Å². The molecule has 6 nitrogen and oxygen atoms in total. The number of hydrazone groups is 1. The molecule has 0 unspecified atom stereocenters. The van der Waals surface area contributed by atoms with E-state index in [-0.39, 0.29) is 35.5 Å². The Morgan fingerprint density at radius 1 is 1.04 bits per heavy atom. The quantitative estimate of drug-likeness (QED) is 0.479. The van der Waals surface area contributed by atoms with Gasteiger partial charge in [-0.2, -0.15) is 10.1 Å². The fraction of sp³-hybridized carbons (Fsp3) is 0.421. The molecule has 0 N–H and O–H groups in total. The van der Waals surface area contributed by atoms with Crippen LogP contribution in [-0.2, 0) is 9.59 Å². The zero-order valence-corrected chi connectivity index (χ0v) is 14.2. The molecule has 1 heterocycles. The summed E-state index contributed by atoms with van der Waals surface area (Å²) in [5, 5.41) is 5.25. The molecule has 0 spiro atoms. The number of carbonyl (C=O) groups is 2. The van der Waals surface area contributed by atoms with Crippen LogP contribution < -0.4 is 9.47 Å². The van der Waals surface area contributed by atoms with E-state index >= 15 is 0 Å². The number of imide groups is 1. The van der Waals surface area contributed by atoms with E-state index in [4.69, 9.17) is 9.47 Å². The van der Waals surface area contributed by atoms with Crippen molar-refractivity contribution >= 4 is 18.0 Å². The van der Waals surface area contributed by atoms with Crippen molar-refractivity contribution in [3.05, 3.63) is 35.9 Å². The Morgan fingerprint density at radius 2 is 1.68 bits per heavy atom. The molecule has 2 amide bonds. The van der Waals surface area contributed by atoms with Crippen molar-refractivity contribution in [2.24, 2.45) is 28.8 Å². The zero-order chi connectivity index (χ0) is 17.6. The standard InChI is InChI=1S/C19H20N2O4/c1-24-14-7-8-15(25-2)13(9-14)10-20-21-18(22)16-11-3-4-12(6-5-11)17(16)19(21)23/h3-4,7-12,16-17H,5-6H2,1-2H3/b20-10-/t11-,12-,16-,17+/m0/s1. The van der Waals surface area contributed by atoms with Gasteiger partial charge in [-0.1, -0.05) is 12.2 Å². The maximum atomic E-state index is 12.7. The van der Waals surface area contributed by atoms with Gasteiger partial charge in [-0.3, -0.25) is 9.59 Å². The van der Waals surface area contributed by atoms with Crippen LogP contribution in [0.4, 0.5) is 0 Å². The maximum Gasteiger partial charge on any atom is 0.254 e. The number of fused-ring (bicyclic) bond motifs is 1. The first-order chi connectivity index (χ1) is 12.1. The number of amides is 2. The van der Waals surface area contributed by atoms with E-state index in [1.807, 2.05) is 0 Å². The van der Waals surface area contributed by atoms with Gasteiger partial charge >= 0.3 is 0 Å². The van der Waals surface area contributed by atoms with Crippen LogP contribution in [0.3, 0.4) is 0 Å². The Labute approximate surface area is 146 Å². The molecule has 1 saturated heterocycles. The van der Waals surface area contributed by atoms with Gasteiger partial charge in [-0.15, -0.1) is 0 Å². The monoisotopic (exact) mass is 340 g/mol. The van der Waals surface area contributed by atoms with Crippen LogP contribution >= 0.6 is 0 Å². The summed E-state index contributed by atoms with van der Waals surface area (Å²) in [5.41, 5.74) is 0.651. The zero-order valence-electron chi connectivity index (χ0n) is 14.2. The van der Waals surface area contributed by atoms with E-state index in [1.165, 1.54) is 6.21 Å². The lowest BCUT2D eigenvalue weighted by Crippen LogP contribution is -2.38. The highest BCUT2D eigenvalue weighted by atomic mass is 16.5. The third-order valence-corrected chi connectivity index (χ3v) is 5.49. The van der Waals surface area contributed by atoms with Crippen LogP contribution in [0.5, 0.6) is 11.5 Å². The van der Waals surface area contributed by atoms with Gasteiger partial charge in [-0.25, -0.2) is 0 Å². The second kappa shape index (κ2) is 6.02. The molecule has 5 rings (SSSR count). The lowest BCUT2D eigenvalue weighted by molar-refractivity contribution is -0.140. The van der Waals surface area contributed by atoms with Crippen molar-refractivity contribution in [2.75, 3.05) is 14.2 Å². The summed E-state index contributed by atoms with van der Waals surface area (Å²) < 4.78 is 10.5. The average Bonchev–Trinajstić information content (AvgIpc) is 2.93. The number of allylic oxidation sites excluding steroid dienone is 2. The minimum Gasteiger partial charge on any atom is -0.497 e. The fourth-order valence-electron chi connectivity index (χ4n) is 4.23. The number of rotatable bonds is 4. The lowest BCUT2D eigenvalue weighted by atomic mass is 9.63. The summed E-state index contributed by atoms with van der Waals surface area (Å²) >= 11 is 0. The minimum atomic E-state index is -0.249. The Bertz CT molecular complexity index is 754. The van der Waals surface area contributed by atoms with Gasteiger partial charge < -0.3 is 9.47 Å². The largest absolute Gasteiger partial charge is 0.497 e. The number of nitrogens with zero attached hydrogens (tertiary/aromatic N) is 2. The molecule has 1 aromatic carbocycles. The Balaban J connectivity index is 1.63. The van der Waals surface area contributed by atoms with Crippen LogP contribution in [0, 0.1) is 23.7 Å². The highest BCUT2D eigenvalue weighted by Crippen LogP contribution is 2.49. The number of ether oxygens (including phenoxy) is 2. The molecule has 130 valence electrons. The molecule has 3 aliphatic carbocycles. The van der Waals surface area contributed by atoms with Crippen molar-refractivity contribution in [2.45, 2.75) is 12.8 Å². The minimum absolute atomic E-state index is 0.165. The van der Waals surface area contributed by atoms with Gasteiger partial charge in [0, 0.05) is 5.56 Å². The number of benzene rings is 1. The summed E-state index contributed by atoms with van der Waals surface area (Å²) in [5.74, 6) is 0.705. The highest BCUT2D eigenvalue weighted by Gasteiger charge is 2.56. The second-order valence-corrected chi connectivity index (χ2v) is 6.68. The van der Waals surface area contributed by atoms with Crippen LogP contribution in [0.1, 0.15) is 18.4 Å². The van der Waals surface area contributed by atoms with E-state index in [0.717, 1.165) is 17.9 Å². The van der Waals surface area contributed by atoms with Gasteiger partial charge in [0.25, 0.3) is 11.8 Å². The third kappa shape index (κ3) is 2.44.